The number of likely N-dealkylation sites (tertiary alicyclic amines) is 1. The number of rotatable bonds is 7. The van der Waals surface area contributed by atoms with Gasteiger partial charge in [0.05, 0.1) is 13.1 Å². The Bertz CT molecular complexity index is 593. The molecule has 0 aromatic heterocycles. The fourth-order valence-corrected chi connectivity index (χ4v) is 3.52. The SMILES string of the molecule is CCNC(=NCC(CC)N1CCCC1)NCC1COc2ccccc2O1.I. The molecule has 1 fully saturated rings. The van der Waals surface area contributed by atoms with Crippen molar-refractivity contribution in [2.24, 2.45) is 4.99 Å². The maximum absolute atomic E-state index is 6.01. The number of para-hydroxylation sites is 2. The van der Waals surface area contributed by atoms with Crippen LogP contribution >= 0.6 is 24.0 Å². The van der Waals surface area contributed by atoms with Crippen molar-refractivity contribution >= 4 is 29.9 Å². The van der Waals surface area contributed by atoms with Gasteiger partial charge in [-0.2, -0.15) is 0 Å². The predicted octanol–water partition coefficient (Wildman–Crippen LogP) is 2.87. The fourth-order valence-electron chi connectivity index (χ4n) is 3.52. The minimum absolute atomic E-state index is 0. The van der Waals surface area contributed by atoms with Crippen LogP contribution in [0.2, 0.25) is 0 Å². The highest BCUT2D eigenvalue weighted by molar-refractivity contribution is 14.0. The quantitative estimate of drug-likeness (QED) is 0.351. The number of hydrogen-bond donors (Lipinski definition) is 2. The molecular formula is C20H33IN4O2. The molecule has 0 saturated carbocycles. The van der Waals surface area contributed by atoms with E-state index < -0.39 is 0 Å². The van der Waals surface area contributed by atoms with E-state index in [1.807, 2.05) is 24.3 Å². The van der Waals surface area contributed by atoms with Crippen molar-refractivity contribution in [1.82, 2.24) is 15.5 Å². The van der Waals surface area contributed by atoms with Gasteiger partial charge >= 0.3 is 0 Å². The normalized spacial score (nSPS) is 20.7. The lowest BCUT2D eigenvalue weighted by molar-refractivity contribution is 0.0936. The summed E-state index contributed by atoms with van der Waals surface area (Å²) in [6.07, 6.45) is 3.76. The Balaban J connectivity index is 0.00000261. The highest BCUT2D eigenvalue weighted by atomic mass is 127. The molecule has 1 saturated heterocycles. The van der Waals surface area contributed by atoms with Crippen LogP contribution in [0.3, 0.4) is 0 Å². The third-order valence-electron chi connectivity index (χ3n) is 5.00. The van der Waals surface area contributed by atoms with E-state index in [4.69, 9.17) is 14.5 Å². The van der Waals surface area contributed by atoms with E-state index in [1.54, 1.807) is 0 Å². The summed E-state index contributed by atoms with van der Waals surface area (Å²) in [5.41, 5.74) is 0. The summed E-state index contributed by atoms with van der Waals surface area (Å²) in [7, 11) is 0. The largest absolute Gasteiger partial charge is 0.486 e. The first-order valence-electron chi connectivity index (χ1n) is 9.94. The van der Waals surface area contributed by atoms with Crippen LogP contribution in [-0.4, -0.2) is 62.3 Å². The number of ether oxygens (including phenoxy) is 2. The minimum atomic E-state index is -0.0192. The average Bonchev–Trinajstić information content (AvgIpc) is 3.21. The van der Waals surface area contributed by atoms with Crippen LogP contribution in [0.1, 0.15) is 33.1 Å². The smallest absolute Gasteiger partial charge is 0.191 e. The Morgan fingerprint density at radius 1 is 1.19 bits per heavy atom. The van der Waals surface area contributed by atoms with Gasteiger partial charge in [-0.05, 0) is 51.4 Å². The minimum Gasteiger partial charge on any atom is -0.486 e. The van der Waals surface area contributed by atoms with Gasteiger partial charge in [0, 0.05) is 12.6 Å². The van der Waals surface area contributed by atoms with E-state index in [1.165, 1.54) is 25.9 Å². The van der Waals surface area contributed by atoms with Crippen molar-refractivity contribution in [3.63, 3.8) is 0 Å². The zero-order valence-corrected chi connectivity index (χ0v) is 18.8. The number of fused-ring (bicyclic) bond motifs is 1. The second-order valence-corrected chi connectivity index (χ2v) is 6.90. The van der Waals surface area contributed by atoms with Crippen LogP contribution in [0.15, 0.2) is 29.3 Å². The van der Waals surface area contributed by atoms with Gasteiger partial charge in [0.2, 0.25) is 0 Å². The second kappa shape index (κ2) is 11.6. The fraction of sp³-hybridized carbons (Fsp3) is 0.650. The molecule has 1 aromatic carbocycles. The maximum Gasteiger partial charge on any atom is 0.191 e. The van der Waals surface area contributed by atoms with Crippen molar-refractivity contribution < 1.29 is 9.47 Å². The van der Waals surface area contributed by atoms with Crippen molar-refractivity contribution in [1.29, 1.82) is 0 Å². The van der Waals surface area contributed by atoms with Crippen LogP contribution in [0.5, 0.6) is 11.5 Å². The molecule has 7 heteroatoms. The lowest BCUT2D eigenvalue weighted by Gasteiger charge is -2.27. The van der Waals surface area contributed by atoms with Gasteiger partial charge in [-0.1, -0.05) is 19.1 Å². The van der Waals surface area contributed by atoms with Gasteiger partial charge in [-0.25, -0.2) is 0 Å². The molecule has 0 amide bonds. The number of nitrogens with one attached hydrogen (secondary N) is 2. The zero-order chi connectivity index (χ0) is 18.2. The Hall–Kier alpha value is -1.22. The summed E-state index contributed by atoms with van der Waals surface area (Å²) in [4.78, 5) is 7.39. The molecule has 0 radical (unpaired) electrons. The van der Waals surface area contributed by atoms with Gasteiger partial charge < -0.3 is 20.1 Å². The molecule has 6 nitrogen and oxygen atoms in total. The summed E-state index contributed by atoms with van der Waals surface area (Å²) in [6, 6.07) is 8.35. The van der Waals surface area contributed by atoms with Crippen LogP contribution in [0.4, 0.5) is 0 Å². The lowest BCUT2D eigenvalue weighted by Crippen LogP contribution is -2.46. The first kappa shape index (κ1) is 22.1. The van der Waals surface area contributed by atoms with Gasteiger partial charge in [0.15, 0.2) is 17.5 Å². The molecule has 2 unspecified atom stereocenters. The van der Waals surface area contributed by atoms with Gasteiger partial charge in [0.25, 0.3) is 0 Å². The van der Waals surface area contributed by atoms with Crippen LogP contribution in [0.25, 0.3) is 0 Å². The molecule has 3 rings (SSSR count). The number of halogens is 1. The van der Waals surface area contributed by atoms with E-state index in [9.17, 15) is 0 Å². The van der Waals surface area contributed by atoms with Crippen LogP contribution in [0, 0.1) is 0 Å². The predicted molar refractivity (Wildman–Crippen MR) is 121 cm³/mol. The molecule has 2 aliphatic heterocycles. The van der Waals surface area contributed by atoms with E-state index in [-0.39, 0.29) is 30.1 Å². The van der Waals surface area contributed by atoms with Crippen molar-refractivity contribution in [3.8, 4) is 11.5 Å². The van der Waals surface area contributed by atoms with Gasteiger partial charge in [0.1, 0.15) is 12.7 Å². The number of nitrogens with zero attached hydrogens (tertiary/aromatic N) is 2. The first-order chi connectivity index (χ1) is 12.8. The average molecular weight is 488 g/mol. The van der Waals surface area contributed by atoms with Gasteiger partial charge in [-0.3, -0.25) is 9.89 Å². The highest BCUT2D eigenvalue weighted by Gasteiger charge is 2.22. The Labute approximate surface area is 180 Å². The number of hydrogen-bond acceptors (Lipinski definition) is 4. The summed E-state index contributed by atoms with van der Waals surface area (Å²) in [6.45, 7) is 9.66. The molecule has 2 atom stereocenters. The van der Waals surface area contributed by atoms with Gasteiger partial charge in [-0.15, -0.1) is 24.0 Å². The summed E-state index contributed by atoms with van der Waals surface area (Å²) >= 11 is 0. The summed E-state index contributed by atoms with van der Waals surface area (Å²) < 4.78 is 11.8. The lowest BCUT2D eigenvalue weighted by atomic mass is 10.2. The van der Waals surface area contributed by atoms with E-state index in [2.05, 4.69) is 29.4 Å². The molecule has 152 valence electrons. The Morgan fingerprint density at radius 3 is 2.63 bits per heavy atom. The molecule has 27 heavy (non-hydrogen) atoms. The third-order valence-corrected chi connectivity index (χ3v) is 5.00. The van der Waals surface area contributed by atoms with Crippen molar-refractivity contribution in [2.45, 2.75) is 45.3 Å². The Morgan fingerprint density at radius 2 is 1.93 bits per heavy atom. The van der Waals surface area contributed by atoms with E-state index in [0.29, 0.717) is 19.2 Å². The van der Waals surface area contributed by atoms with Crippen molar-refractivity contribution in [2.75, 3.05) is 39.3 Å². The van der Waals surface area contributed by atoms with Crippen LogP contribution < -0.4 is 20.1 Å². The molecule has 1 aromatic rings. The Kier molecular flexibility index (Phi) is 9.47. The zero-order valence-electron chi connectivity index (χ0n) is 16.4. The monoisotopic (exact) mass is 488 g/mol. The number of guanidine groups is 1. The third kappa shape index (κ3) is 6.41. The molecule has 2 aliphatic rings. The molecule has 0 spiro atoms. The first-order valence-corrected chi connectivity index (χ1v) is 9.94. The second-order valence-electron chi connectivity index (χ2n) is 6.90. The molecular weight excluding hydrogens is 455 g/mol. The van der Waals surface area contributed by atoms with E-state index >= 15 is 0 Å². The molecule has 2 heterocycles. The standard InChI is InChI=1S/C20H32N4O2.HI/c1-3-16(24-11-7-8-12-24)13-22-20(21-4-2)23-14-17-15-25-18-9-5-6-10-19(18)26-17;/h5-6,9-10,16-17H,3-4,7-8,11-15H2,1-2H3,(H2,21,22,23);1H. The topological polar surface area (TPSA) is 58.1 Å². The molecule has 2 N–H and O–H groups in total. The highest BCUT2D eigenvalue weighted by Crippen LogP contribution is 2.30. The molecule has 0 bridgehead atoms. The maximum atomic E-state index is 6.01. The molecule has 0 aliphatic carbocycles. The van der Waals surface area contributed by atoms with E-state index in [0.717, 1.165) is 37.0 Å². The number of aliphatic imine (C=N–C) groups is 1. The van der Waals surface area contributed by atoms with Crippen LogP contribution in [-0.2, 0) is 0 Å². The number of benzene rings is 1. The van der Waals surface area contributed by atoms with Crippen molar-refractivity contribution in [3.05, 3.63) is 24.3 Å². The summed E-state index contributed by atoms with van der Waals surface area (Å²) in [5.74, 6) is 2.49. The summed E-state index contributed by atoms with van der Waals surface area (Å²) in [5, 5.41) is 6.74.